The number of aliphatic hydroxyl groups is 1. The molecule has 0 rings (SSSR count). The molecule has 0 saturated heterocycles. The molecular formula is C13H28O2. The lowest BCUT2D eigenvalue weighted by Gasteiger charge is -2.25. The third kappa shape index (κ3) is 6.16. The van der Waals surface area contributed by atoms with E-state index >= 15 is 0 Å². The summed E-state index contributed by atoms with van der Waals surface area (Å²) in [6, 6.07) is 0. The maximum Gasteiger partial charge on any atom is 0.0643 e. The smallest absolute Gasteiger partial charge is 0.0643 e. The van der Waals surface area contributed by atoms with Gasteiger partial charge in [-0.05, 0) is 38.5 Å². The van der Waals surface area contributed by atoms with Crippen molar-refractivity contribution in [2.24, 2.45) is 5.92 Å². The van der Waals surface area contributed by atoms with E-state index in [2.05, 4.69) is 20.8 Å². The third-order valence-corrected chi connectivity index (χ3v) is 3.42. The maximum atomic E-state index is 10.0. The van der Waals surface area contributed by atoms with Gasteiger partial charge in [-0.3, -0.25) is 0 Å². The fourth-order valence-corrected chi connectivity index (χ4v) is 1.47. The Kier molecular flexibility index (Phi) is 7.20. The van der Waals surface area contributed by atoms with Crippen LogP contribution in [0.4, 0.5) is 0 Å². The summed E-state index contributed by atoms with van der Waals surface area (Å²) < 4.78 is 5.68. The molecule has 0 aliphatic heterocycles. The summed E-state index contributed by atoms with van der Waals surface area (Å²) in [6.45, 7) is 11.3. The minimum atomic E-state index is -0.468. The van der Waals surface area contributed by atoms with Crippen LogP contribution < -0.4 is 0 Å². The molecule has 0 aliphatic rings. The molecule has 2 heteroatoms. The van der Waals surface area contributed by atoms with E-state index in [0.29, 0.717) is 12.0 Å². The Morgan fingerprint density at radius 1 is 1.13 bits per heavy atom. The number of rotatable bonds is 8. The lowest BCUT2D eigenvalue weighted by atomic mass is 9.92. The van der Waals surface area contributed by atoms with Crippen molar-refractivity contribution in [3.05, 3.63) is 0 Å². The van der Waals surface area contributed by atoms with E-state index in [9.17, 15) is 5.11 Å². The maximum absolute atomic E-state index is 10.0. The summed E-state index contributed by atoms with van der Waals surface area (Å²) in [5.74, 6) is 0.571. The molecule has 2 nitrogen and oxygen atoms in total. The van der Waals surface area contributed by atoms with Gasteiger partial charge >= 0.3 is 0 Å². The van der Waals surface area contributed by atoms with Crippen LogP contribution in [0.5, 0.6) is 0 Å². The Balaban J connectivity index is 3.62. The second kappa shape index (κ2) is 7.24. The molecule has 0 spiro atoms. The largest absolute Gasteiger partial charge is 0.390 e. The quantitative estimate of drug-likeness (QED) is 0.630. The molecule has 92 valence electrons. The first kappa shape index (κ1) is 14.9. The first-order valence-electron chi connectivity index (χ1n) is 6.29. The Labute approximate surface area is 95.0 Å². The number of hydrogen-bond donors (Lipinski definition) is 1. The fraction of sp³-hybridized carbons (Fsp3) is 1.00. The molecule has 0 radical (unpaired) electrons. The van der Waals surface area contributed by atoms with E-state index in [1.54, 1.807) is 0 Å². The molecule has 1 unspecified atom stereocenters. The average molecular weight is 216 g/mol. The van der Waals surface area contributed by atoms with Crippen molar-refractivity contribution in [2.75, 3.05) is 6.61 Å². The molecule has 0 aliphatic carbocycles. The summed E-state index contributed by atoms with van der Waals surface area (Å²) >= 11 is 0. The van der Waals surface area contributed by atoms with E-state index < -0.39 is 5.60 Å². The molecule has 0 aromatic carbocycles. The summed E-state index contributed by atoms with van der Waals surface area (Å²) in [4.78, 5) is 0. The lowest BCUT2D eigenvalue weighted by molar-refractivity contribution is -0.00440. The van der Waals surface area contributed by atoms with Crippen LogP contribution in [-0.4, -0.2) is 23.4 Å². The van der Waals surface area contributed by atoms with Crippen LogP contribution in [0.3, 0.4) is 0 Å². The van der Waals surface area contributed by atoms with Gasteiger partial charge in [0.1, 0.15) is 0 Å². The molecule has 0 fully saturated rings. The van der Waals surface area contributed by atoms with Gasteiger partial charge in [0, 0.05) is 6.61 Å². The minimum absolute atomic E-state index is 0.321. The van der Waals surface area contributed by atoms with Crippen LogP contribution >= 0.6 is 0 Å². The van der Waals surface area contributed by atoms with Gasteiger partial charge in [-0.2, -0.15) is 0 Å². The predicted octanol–water partition coefficient (Wildman–Crippen LogP) is 3.38. The van der Waals surface area contributed by atoms with Gasteiger partial charge in [0.05, 0.1) is 11.7 Å². The molecule has 0 saturated carbocycles. The van der Waals surface area contributed by atoms with Crippen molar-refractivity contribution in [3.8, 4) is 0 Å². The number of ether oxygens (including phenoxy) is 1. The minimum Gasteiger partial charge on any atom is -0.390 e. The van der Waals surface area contributed by atoms with E-state index in [0.717, 1.165) is 32.3 Å². The van der Waals surface area contributed by atoms with Gasteiger partial charge in [0.15, 0.2) is 0 Å². The summed E-state index contributed by atoms with van der Waals surface area (Å²) in [7, 11) is 0. The van der Waals surface area contributed by atoms with Crippen LogP contribution in [0.15, 0.2) is 0 Å². The summed E-state index contributed by atoms with van der Waals surface area (Å²) in [6.07, 6.45) is 3.80. The lowest BCUT2D eigenvalue weighted by Crippen LogP contribution is -2.27. The molecule has 0 heterocycles. The highest BCUT2D eigenvalue weighted by Gasteiger charge is 2.21. The zero-order chi connectivity index (χ0) is 11.9. The van der Waals surface area contributed by atoms with E-state index in [4.69, 9.17) is 4.74 Å². The van der Waals surface area contributed by atoms with Crippen LogP contribution in [-0.2, 0) is 4.74 Å². The van der Waals surface area contributed by atoms with Crippen molar-refractivity contribution in [3.63, 3.8) is 0 Å². The Hall–Kier alpha value is -0.0800. The molecule has 0 aromatic heterocycles. The highest BCUT2D eigenvalue weighted by atomic mass is 16.5. The fourth-order valence-electron chi connectivity index (χ4n) is 1.47. The van der Waals surface area contributed by atoms with Gasteiger partial charge in [0.25, 0.3) is 0 Å². The van der Waals surface area contributed by atoms with Gasteiger partial charge in [-0.1, -0.05) is 27.7 Å². The van der Waals surface area contributed by atoms with Crippen molar-refractivity contribution in [2.45, 2.75) is 72.0 Å². The standard InChI is InChI=1S/C13H28O2/c1-6-13(14,7-2)9-8-10-15-12(5)11(3)4/h11-12,14H,6-10H2,1-5H3. The topological polar surface area (TPSA) is 29.5 Å². The number of hydrogen-bond acceptors (Lipinski definition) is 2. The Bertz CT molecular complexity index is 151. The van der Waals surface area contributed by atoms with Gasteiger partial charge in [0.2, 0.25) is 0 Å². The Morgan fingerprint density at radius 3 is 2.07 bits per heavy atom. The summed E-state index contributed by atoms with van der Waals surface area (Å²) in [5.41, 5.74) is -0.468. The Morgan fingerprint density at radius 2 is 1.67 bits per heavy atom. The molecule has 0 bridgehead atoms. The van der Waals surface area contributed by atoms with Crippen LogP contribution in [0.2, 0.25) is 0 Å². The highest BCUT2D eigenvalue weighted by Crippen LogP contribution is 2.21. The van der Waals surface area contributed by atoms with E-state index in [-0.39, 0.29) is 0 Å². The first-order chi connectivity index (χ1) is 6.95. The van der Waals surface area contributed by atoms with Crippen LogP contribution in [0.25, 0.3) is 0 Å². The molecule has 15 heavy (non-hydrogen) atoms. The molecule has 0 amide bonds. The van der Waals surface area contributed by atoms with Crippen LogP contribution in [0.1, 0.15) is 60.3 Å². The molecule has 1 N–H and O–H groups in total. The second-order valence-electron chi connectivity index (χ2n) is 4.85. The van der Waals surface area contributed by atoms with Crippen molar-refractivity contribution < 1.29 is 9.84 Å². The van der Waals surface area contributed by atoms with Crippen molar-refractivity contribution >= 4 is 0 Å². The van der Waals surface area contributed by atoms with Gasteiger partial charge in [-0.25, -0.2) is 0 Å². The first-order valence-corrected chi connectivity index (χ1v) is 6.29. The second-order valence-corrected chi connectivity index (χ2v) is 4.85. The third-order valence-electron chi connectivity index (χ3n) is 3.42. The zero-order valence-electron chi connectivity index (χ0n) is 11.0. The molecule has 0 aromatic rings. The predicted molar refractivity (Wildman–Crippen MR) is 65.0 cm³/mol. The van der Waals surface area contributed by atoms with Gasteiger partial charge < -0.3 is 9.84 Å². The van der Waals surface area contributed by atoms with Crippen LogP contribution in [0, 0.1) is 5.92 Å². The monoisotopic (exact) mass is 216 g/mol. The van der Waals surface area contributed by atoms with Gasteiger partial charge in [-0.15, -0.1) is 0 Å². The normalized spacial score (nSPS) is 14.6. The zero-order valence-corrected chi connectivity index (χ0v) is 11.0. The average Bonchev–Trinajstić information content (AvgIpc) is 2.23. The SMILES string of the molecule is CCC(O)(CC)CCCOC(C)C(C)C. The highest BCUT2D eigenvalue weighted by molar-refractivity contribution is 4.74. The van der Waals surface area contributed by atoms with E-state index in [1.165, 1.54) is 0 Å². The van der Waals surface area contributed by atoms with Crippen molar-refractivity contribution in [1.82, 2.24) is 0 Å². The molecular weight excluding hydrogens is 188 g/mol. The van der Waals surface area contributed by atoms with Crippen molar-refractivity contribution in [1.29, 1.82) is 0 Å². The van der Waals surface area contributed by atoms with E-state index in [1.807, 2.05) is 13.8 Å². The molecule has 1 atom stereocenters. The summed E-state index contributed by atoms with van der Waals surface area (Å²) in [5, 5.41) is 10.0.